The Morgan fingerprint density at radius 2 is 1.56 bits per heavy atom. The number of rotatable bonds is 3. The van der Waals surface area contributed by atoms with Gasteiger partial charge in [-0.15, -0.1) is 0 Å². The molecule has 0 radical (unpaired) electrons. The predicted octanol–water partition coefficient (Wildman–Crippen LogP) is 2.47. The molecule has 0 spiro atoms. The Morgan fingerprint density at radius 1 is 1.12 bits per heavy atom. The zero-order chi connectivity index (χ0) is 13.1. The number of carbonyl (C=O) groups is 2. The smallest absolute Gasteiger partial charge is 0.307 e. The molecule has 4 heteroatoms. The van der Waals surface area contributed by atoms with Gasteiger partial charge in [0.1, 0.15) is 5.60 Å². The maximum Gasteiger partial charge on any atom is 0.307 e. The maximum atomic E-state index is 11.5. The highest BCUT2D eigenvalue weighted by atomic mass is 16.6. The lowest BCUT2D eigenvalue weighted by atomic mass is 9.79. The number of hydrogen-bond acceptors (Lipinski definition) is 3. The average molecular weight is 230 g/mol. The van der Waals surface area contributed by atoms with Gasteiger partial charge >= 0.3 is 11.9 Å². The van der Waals surface area contributed by atoms with Gasteiger partial charge in [0.05, 0.1) is 12.3 Å². The minimum absolute atomic E-state index is 0.0872. The van der Waals surface area contributed by atoms with Crippen molar-refractivity contribution >= 4 is 11.9 Å². The summed E-state index contributed by atoms with van der Waals surface area (Å²) in [6, 6.07) is 0. The van der Waals surface area contributed by atoms with Gasteiger partial charge in [-0.05, 0) is 26.2 Å². The molecule has 0 aliphatic carbocycles. The lowest BCUT2D eigenvalue weighted by molar-refractivity contribution is -0.162. The molecule has 0 aromatic carbocycles. The first-order valence-electron chi connectivity index (χ1n) is 5.38. The zero-order valence-electron chi connectivity index (χ0n) is 11.0. The van der Waals surface area contributed by atoms with Crippen LogP contribution >= 0.6 is 0 Å². The molecule has 0 rings (SSSR count). The van der Waals surface area contributed by atoms with Crippen LogP contribution in [0.3, 0.4) is 0 Å². The molecule has 1 atom stereocenters. The van der Waals surface area contributed by atoms with Crippen molar-refractivity contribution in [1.29, 1.82) is 0 Å². The van der Waals surface area contributed by atoms with Crippen molar-refractivity contribution in [3.8, 4) is 0 Å². The second kappa shape index (κ2) is 4.85. The van der Waals surface area contributed by atoms with Crippen LogP contribution in [0.5, 0.6) is 0 Å². The highest BCUT2D eigenvalue weighted by molar-refractivity contribution is 5.79. The molecule has 0 bridgehead atoms. The van der Waals surface area contributed by atoms with Crippen LogP contribution in [0.4, 0.5) is 0 Å². The average Bonchev–Trinajstić information content (AvgIpc) is 1.93. The second-order valence-electron chi connectivity index (χ2n) is 6.05. The summed E-state index contributed by atoms with van der Waals surface area (Å²) in [5, 5.41) is 9.05. The molecule has 0 aliphatic rings. The zero-order valence-corrected chi connectivity index (χ0v) is 11.0. The van der Waals surface area contributed by atoms with Crippen molar-refractivity contribution in [2.24, 2.45) is 11.3 Å². The van der Waals surface area contributed by atoms with Gasteiger partial charge in [0, 0.05) is 0 Å². The summed E-state index contributed by atoms with van der Waals surface area (Å²) >= 11 is 0. The highest BCUT2D eigenvalue weighted by Gasteiger charge is 2.34. The van der Waals surface area contributed by atoms with E-state index in [4.69, 9.17) is 9.84 Å². The lowest BCUT2D eigenvalue weighted by Gasteiger charge is -2.27. The molecule has 0 saturated carbocycles. The van der Waals surface area contributed by atoms with Gasteiger partial charge in [0.15, 0.2) is 0 Å². The third-order valence-corrected chi connectivity index (χ3v) is 2.13. The molecule has 0 fully saturated rings. The van der Waals surface area contributed by atoms with Crippen molar-refractivity contribution in [2.45, 2.75) is 53.6 Å². The summed E-state index contributed by atoms with van der Waals surface area (Å²) < 4.78 is 5.11. The van der Waals surface area contributed by atoms with Crippen molar-refractivity contribution in [2.75, 3.05) is 0 Å². The topological polar surface area (TPSA) is 63.6 Å². The van der Waals surface area contributed by atoms with E-state index in [1.54, 1.807) is 41.5 Å². The van der Waals surface area contributed by atoms with Crippen LogP contribution in [-0.4, -0.2) is 22.6 Å². The van der Waals surface area contributed by atoms with Gasteiger partial charge in [0.25, 0.3) is 0 Å². The van der Waals surface area contributed by atoms with E-state index in [1.165, 1.54) is 0 Å². The van der Waals surface area contributed by atoms with E-state index in [-0.39, 0.29) is 6.42 Å². The molecule has 1 N–H and O–H groups in total. The van der Waals surface area contributed by atoms with E-state index in [2.05, 4.69) is 0 Å². The highest BCUT2D eigenvalue weighted by Crippen LogP contribution is 2.29. The van der Waals surface area contributed by atoms with E-state index in [1.807, 2.05) is 0 Å². The Balaban J connectivity index is 4.56. The summed E-state index contributed by atoms with van der Waals surface area (Å²) in [6.07, 6.45) is -0.0872. The fourth-order valence-electron chi connectivity index (χ4n) is 1.31. The van der Waals surface area contributed by atoms with E-state index >= 15 is 0 Å². The van der Waals surface area contributed by atoms with Crippen LogP contribution in [0.15, 0.2) is 0 Å². The minimum Gasteiger partial charge on any atom is -0.481 e. The number of carbonyl (C=O) groups excluding carboxylic acids is 1. The molecule has 4 nitrogen and oxygen atoms in total. The van der Waals surface area contributed by atoms with Crippen molar-refractivity contribution in [3.63, 3.8) is 0 Å². The molecular formula is C12H22O4. The van der Waals surface area contributed by atoms with E-state index < -0.39 is 28.9 Å². The van der Waals surface area contributed by atoms with Gasteiger partial charge in [-0.1, -0.05) is 20.8 Å². The lowest BCUT2D eigenvalue weighted by Crippen LogP contribution is -2.33. The van der Waals surface area contributed by atoms with Gasteiger partial charge < -0.3 is 9.84 Å². The van der Waals surface area contributed by atoms with Crippen LogP contribution in [0.1, 0.15) is 48.0 Å². The van der Waals surface area contributed by atoms with Crippen LogP contribution in [0, 0.1) is 11.3 Å². The summed E-state index contributed by atoms with van der Waals surface area (Å²) in [7, 11) is 0. The first-order chi connectivity index (χ1) is 6.93. The fourth-order valence-corrected chi connectivity index (χ4v) is 1.31. The first-order valence-corrected chi connectivity index (χ1v) is 5.38. The van der Waals surface area contributed by atoms with Crippen molar-refractivity contribution in [1.82, 2.24) is 0 Å². The number of ether oxygens (including phenoxy) is 1. The molecule has 0 heterocycles. The largest absolute Gasteiger partial charge is 0.481 e. The molecule has 0 aliphatic heterocycles. The van der Waals surface area contributed by atoms with Crippen molar-refractivity contribution < 1.29 is 19.4 Å². The third-order valence-electron chi connectivity index (χ3n) is 2.13. The molecule has 94 valence electrons. The number of hydrogen-bond donors (Lipinski definition) is 1. The number of aliphatic carboxylic acids is 1. The Labute approximate surface area is 97.0 Å². The Hall–Kier alpha value is -1.06. The monoisotopic (exact) mass is 230 g/mol. The van der Waals surface area contributed by atoms with Gasteiger partial charge in [-0.2, -0.15) is 0 Å². The van der Waals surface area contributed by atoms with Gasteiger partial charge in [0.2, 0.25) is 0 Å². The Morgan fingerprint density at radius 3 is 1.81 bits per heavy atom. The normalized spacial score (nSPS) is 14.4. The van der Waals surface area contributed by atoms with E-state index in [0.717, 1.165) is 0 Å². The van der Waals surface area contributed by atoms with E-state index in [0.29, 0.717) is 0 Å². The molecule has 0 aromatic heterocycles. The van der Waals surface area contributed by atoms with Gasteiger partial charge in [-0.25, -0.2) is 0 Å². The Bertz CT molecular complexity index is 268. The van der Waals surface area contributed by atoms with Crippen molar-refractivity contribution in [3.05, 3.63) is 0 Å². The molecule has 1 unspecified atom stereocenters. The number of esters is 1. The molecule has 0 aromatic rings. The fraction of sp³-hybridized carbons (Fsp3) is 0.833. The number of carboxylic acids is 1. The third kappa shape index (κ3) is 5.73. The molecule has 0 saturated heterocycles. The summed E-state index contributed by atoms with van der Waals surface area (Å²) in [4.78, 5) is 22.6. The number of carboxylic acid groups (broad SMARTS) is 1. The molecular weight excluding hydrogens is 208 g/mol. The summed E-state index contributed by atoms with van der Waals surface area (Å²) in [5.74, 6) is -2.14. The van der Waals surface area contributed by atoms with Crippen LogP contribution < -0.4 is 0 Å². The SMILES string of the molecule is CC(C)(C)OC(=O)CC(C(=O)O)C(C)(C)C. The summed E-state index contributed by atoms with van der Waals surface area (Å²) in [6.45, 7) is 10.7. The van der Waals surface area contributed by atoms with Crippen LogP contribution in [-0.2, 0) is 14.3 Å². The first kappa shape index (κ1) is 14.9. The summed E-state index contributed by atoms with van der Waals surface area (Å²) in [5.41, 5.74) is -1.03. The maximum absolute atomic E-state index is 11.5. The molecule has 16 heavy (non-hydrogen) atoms. The van der Waals surface area contributed by atoms with E-state index in [9.17, 15) is 9.59 Å². The van der Waals surface area contributed by atoms with Gasteiger partial charge in [-0.3, -0.25) is 9.59 Å². The standard InChI is InChI=1S/C12H22O4/c1-11(2,3)8(10(14)15)7-9(13)16-12(4,5)6/h8H,7H2,1-6H3,(H,14,15). The Kier molecular flexibility index (Phi) is 4.53. The second-order valence-corrected chi connectivity index (χ2v) is 6.05. The minimum atomic E-state index is -0.960. The molecule has 0 amide bonds. The van der Waals surface area contributed by atoms with Crippen LogP contribution in [0.2, 0.25) is 0 Å². The van der Waals surface area contributed by atoms with Crippen LogP contribution in [0.25, 0.3) is 0 Å². The quantitative estimate of drug-likeness (QED) is 0.756. The predicted molar refractivity (Wildman–Crippen MR) is 61.0 cm³/mol.